The summed E-state index contributed by atoms with van der Waals surface area (Å²) in [5.41, 5.74) is 0.583. The maximum Gasteiger partial charge on any atom is 0.326 e. The molecular formula is C11H18N4O5S. The summed E-state index contributed by atoms with van der Waals surface area (Å²) in [6.07, 6.45) is 4.34. The molecule has 0 unspecified atom stereocenters. The summed E-state index contributed by atoms with van der Waals surface area (Å²) in [4.78, 5) is 29.1. The number of nitrogens with zero attached hydrogens (tertiary/aromatic N) is 1. The van der Waals surface area contributed by atoms with Crippen LogP contribution in [0.25, 0.3) is 0 Å². The number of amides is 2. The molecule has 0 aromatic carbocycles. The molecule has 1 atom stereocenters. The van der Waals surface area contributed by atoms with Crippen LogP contribution in [-0.2, 0) is 21.1 Å². The first-order chi connectivity index (χ1) is 9.78. The number of carboxylic acids is 1. The molecule has 2 amide bonds. The zero-order chi connectivity index (χ0) is 15.9. The van der Waals surface area contributed by atoms with Crippen molar-refractivity contribution in [2.75, 3.05) is 18.6 Å². The van der Waals surface area contributed by atoms with Crippen molar-refractivity contribution in [3.05, 3.63) is 18.2 Å². The van der Waals surface area contributed by atoms with Gasteiger partial charge in [0.15, 0.2) is 0 Å². The fourth-order valence-corrected chi connectivity index (χ4v) is 2.23. The molecule has 21 heavy (non-hydrogen) atoms. The first-order valence-corrected chi connectivity index (χ1v) is 8.26. The van der Waals surface area contributed by atoms with E-state index in [1.807, 2.05) is 0 Å². The molecule has 0 saturated heterocycles. The van der Waals surface area contributed by atoms with Crippen LogP contribution in [0.5, 0.6) is 0 Å². The van der Waals surface area contributed by atoms with Crippen molar-refractivity contribution in [3.8, 4) is 0 Å². The Hall–Kier alpha value is -2.10. The van der Waals surface area contributed by atoms with Gasteiger partial charge in [0.05, 0.1) is 12.1 Å². The monoisotopic (exact) mass is 318 g/mol. The van der Waals surface area contributed by atoms with Gasteiger partial charge in [0, 0.05) is 31.1 Å². The molecule has 1 rings (SSSR count). The predicted molar refractivity (Wildman–Crippen MR) is 74.6 cm³/mol. The summed E-state index contributed by atoms with van der Waals surface area (Å²) in [5.74, 6) is -1.21. The lowest BCUT2D eigenvalue weighted by molar-refractivity contribution is -0.139. The minimum atomic E-state index is -3.07. The third-order valence-corrected chi connectivity index (χ3v) is 3.59. The van der Waals surface area contributed by atoms with Crippen LogP contribution in [-0.4, -0.2) is 60.1 Å². The molecule has 10 heteroatoms. The maximum absolute atomic E-state index is 11.6. The molecule has 1 aromatic rings. The number of sulfone groups is 1. The second kappa shape index (κ2) is 7.62. The average Bonchev–Trinajstić information content (AvgIpc) is 2.85. The normalized spacial score (nSPS) is 12.6. The summed E-state index contributed by atoms with van der Waals surface area (Å²) in [5, 5.41) is 13.8. The number of carbonyl (C=O) groups excluding carboxylic acids is 1. The number of carbonyl (C=O) groups is 2. The van der Waals surface area contributed by atoms with Gasteiger partial charge in [-0.15, -0.1) is 0 Å². The maximum atomic E-state index is 11.6. The number of hydrogen-bond donors (Lipinski definition) is 4. The smallest absolute Gasteiger partial charge is 0.326 e. The van der Waals surface area contributed by atoms with E-state index >= 15 is 0 Å². The van der Waals surface area contributed by atoms with Crippen molar-refractivity contribution >= 4 is 21.8 Å². The van der Waals surface area contributed by atoms with Gasteiger partial charge in [0.25, 0.3) is 0 Å². The van der Waals surface area contributed by atoms with Crippen molar-refractivity contribution in [2.45, 2.75) is 18.9 Å². The van der Waals surface area contributed by atoms with Crippen LogP contribution in [0.3, 0.4) is 0 Å². The molecule has 118 valence electrons. The van der Waals surface area contributed by atoms with Gasteiger partial charge in [-0.1, -0.05) is 0 Å². The van der Waals surface area contributed by atoms with Crippen molar-refractivity contribution in [1.82, 2.24) is 20.6 Å². The van der Waals surface area contributed by atoms with E-state index in [1.165, 1.54) is 12.5 Å². The molecule has 0 aliphatic carbocycles. The molecule has 0 radical (unpaired) electrons. The highest BCUT2D eigenvalue weighted by molar-refractivity contribution is 7.90. The number of imidazole rings is 1. The van der Waals surface area contributed by atoms with E-state index in [0.29, 0.717) is 5.69 Å². The lowest BCUT2D eigenvalue weighted by Crippen LogP contribution is -2.47. The number of aromatic nitrogens is 2. The van der Waals surface area contributed by atoms with Crippen molar-refractivity contribution in [1.29, 1.82) is 0 Å². The zero-order valence-corrected chi connectivity index (χ0v) is 12.3. The molecule has 1 heterocycles. The molecule has 4 N–H and O–H groups in total. The van der Waals surface area contributed by atoms with E-state index in [4.69, 9.17) is 5.11 Å². The largest absolute Gasteiger partial charge is 0.480 e. The molecule has 0 fully saturated rings. The summed E-state index contributed by atoms with van der Waals surface area (Å²) in [7, 11) is -3.07. The van der Waals surface area contributed by atoms with E-state index in [-0.39, 0.29) is 25.1 Å². The number of urea groups is 1. The minimum Gasteiger partial charge on any atom is -0.480 e. The Labute approximate surface area is 122 Å². The molecule has 0 bridgehead atoms. The number of aliphatic carboxylic acids is 1. The summed E-state index contributed by atoms with van der Waals surface area (Å²) >= 11 is 0. The van der Waals surface area contributed by atoms with Gasteiger partial charge in [0.1, 0.15) is 15.9 Å². The van der Waals surface area contributed by atoms with Gasteiger partial charge < -0.3 is 20.7 Å². The Balaban J connectivity index is 2.37. The third kappa shape index (κ3) is 7.30. The number of hydrogen-bond acceptors (Lipinski definition) is 5. The van der Waals surface area contributed by atoms with Crippen LogP contribution in [0.1, 0.15) is 12.1 Å². The third-order valence-electron chi connectivity index (χ3n) is 2.56. The van der Waals surface area contributed by atoms with Crippen LogP contribution in [0.2, 0.25) is 0 Å². The van der Waals surface area contributed by atoms with Crippen LogP contribution < -0.4 is 10.6 Å². The lowest BCUT2D eigenvalue weighted by atomic mass is 10.2. The molecule has 0 aliphatic heterocycles. The van der Waals surface area contributed by atoms with E-state index in [0.717, 1.165) is 6.26 Å². The van der Waals surface area contributed by atoms with Crippen LogP contribution >= 0.6 is 0 Å². The highest BCUT2D eigenvalue weighted by Crippen LogP contribution is 1.98. The van der Waals surface area contributed by atoms with Crippen LogP contribution in [0.15, 0.2) is 12.5 Å². The number of nitrogens with one attached hydrogen (secondary N) is 3. The Morgan fingerprint density at radius 3 is 2.71 bits per heavy atom. The first-order valence-electron chi connectivity index (χ1n) is 6.20. The van der Waals surface area contributed by atoms with E-state index < -0.39 is 27.9 Å². The topological polar surface area (TPSA) is 141 Å². The summed E-state index contributed by atoms with van der Waals surface area (Å²) in [6, 6.07) is -1.75. The van der Waals surface area contributed by atoms with Crippen molar-refractivity contribution in [2.24, 2.45) is 0 Å². The number of carboxylic acid groups (broad SMARTS) is 1. The highest BCUT2D eigenvalue weighted by atomic mass is 32.2. The quantitative estimate of drug-likeness (QED) is 0.460. The average molecular weight is 318 g/mol. The minimum absolute atomic E-state index is 0.0379. The fourth-order valence-electron chi connectivity index (χ4n) is 1.56. The molecular weight excluding hydrogens is 300 g/mol. The zero-order valence-electron chi connectivity index (χ0n) is 11.5. The Morgan fingerprint density at radius 2 is 2.19 bits per heavy atom. The second-order valence-corrected chi connectivity index (χ2v) is 6.82. The number of rotatable bonds is 8. The SMILES string of the molecule is CS(=O)(=O)CCCNC(=O)N[C@@H](Cc1cnc[nH]1)C(=O)O. The molecule has 0 saturated carbocycles. The summed E-state index contributed by atoms with van der Waals surface area (Å²) < 4.78 is 21.8. The van der Waals surface area contributed by atoms with Crippen molar-refractivity contribution < 1.29 is 23.1 Å². The highest BCUT2D eigenvalue weighted by Gasteiger charge is 2.20. The molecule has 0 aliphatic rings. The van der Waals surface area contributed by atoms with Crippen LogP contribution in [0, 0.1) is 0 Å². The Morgan fingerprint density at radius 1 is 1.48 bits per heavy atom. The molecule has 1 aromatic heterocycles. The Bertz CT molecular complexity index is 569. The second-order valence-electron chi connectivity index (χ2n) is 4.56. The first kappa shape index (κ1) is 17.0. The summed E-state index contributed by atoms with van der Waals surface area (Å²) in [6.45, 7) is 0.148. The number of H-pyrrole nitrogens is 1. The molecule has 0 spiro atoms. The van der Waals surface area contributed by atoms with Crippen LogP contribution in [0.4, 0.5) is 4.79 Å². The Kier molecular flexibility index (Phi) is 6.15. The van der Waals surface area contributed by atoms with E-state index in [1.54, 1.807) is 0 Å². The van der Waals surface area contributed by atoms with E-state index in [2.05, 4.69) is 20.6 Å². The van der Waals surface area contributed by atoms with E-state index in [9.17, 15) is 18.0 Å². The van der Waals surface area contributed by atoms with Gasteiger partial charge >= 0.3 is 12.0 Å². The van der Waals surface area contributed by atoms with Gasteiger partial charge in [0.2, 0.25) is 0 Å². The van der Waals surface area contributed by atoms with Gasteiger partial charge in [-0.3, -0.25) is 0 Å². The fraction of sp³-hybridized carbons (Fsp3) is 0.545. The standard InChI is InChI=1S/C11H18N4O5S/c1-21(19,20)4-2-3-13-11(18)15-9(10(16)17)5-8-6-12-7-14-8/h6-7,9H,2-5H2,1H3,(H,12,14)(H,16,17)(H2,13,15,18)/t9-/m0/s1. The lowest BCUT2D eigenvalue weighted by Gasteiger charge is -2.14. The van der Waals surface area contributed by atoms with Gasteiger partial charge in [-0.05, 0) is 6.42 Å². The predicted octanol–water partition coefficient (Wildman–Crippen LogP) is -0.861. The van der Waals surface area contributed by atoms with Crippen molar-refractivity contribution in [3.63, 3.8) is 0 Å². The van der Waals surface area contributed by atoms with Gasteiger partial charge in [-0.25, -0.2) is 23.0 Å². The van der Waals surface area contributed by atoms with Gasteiger partial charge in [-0.2, -0.15) is 0 Å². The molecule has 9 nitrogen and oxygen atoms in total. The number of aromatic amines is 1.